The minimum absolute atomic E-state index is 0.446. The van der Waals surface area contributed by atoms with Gasteiger partial charge in [0.2, 0.25) is 5.88 Å². The number of hydrogen-bond acceptors (Lipinski definition) is 5. The molecule has 2 rings (SSSR count). The van der Waals surface area contributed by atoms with Gasteiger partial charge in [-0.05, 0) is 30.7 Å². The molecule has 0 bridgehead atoms. The number of hydrogen-bond donors (Lipinski definition) is 1. The van der Waals surface area contributed by atoms with Gasteiger partial charge in [-0.3, -0.25) is 0 Å². The highest BCUT2D eigenvalue weighted by molar-refractivity contribution is 5.46. The zero-order valence-corrected chi connectivity index (χ0v) is 10.2. The normalized spacial score (nSPS) is 9.94. The number of benzene rings is 1. The van der Waals surface area contributed by atoms with Gasteiger partial charge in [-0.1, -0.05) is 0 Å². The Kier molecular flexibility index (Phi) is 3.64. The summed E-state index contributed by atoms with van der Waals surface area (Å²) in [6, 6.07) is 8.84. The van der Waals surface area contributed by atoms with Crippen molar-refractivity contribution >= 4 is 0 Å². The van der Waals surface area contributed by atoms with Gasteiger partial charge in [0.25, 0.3) is 0 Å². The van der Waals surface area contributed by atoms with Crippen molar-refractivity contribution in [1.82, 2.24) is 4.98 Å². The number of aromatic nitrogens is 1. The van der Waals surface area contributed by atoms with Crippen molar-refractivity contribution in [2.75, 3.05) is 7.11 Å². The van der Waals surface area contributed by atoms with E-state index in [1.807, 2.05) is 19.1 Å². The molecule has 0 radical (unpaired) electrons. The molecule has 0 fully saturated rings. The Bertz CT molecular complexity index is 544. The van der Waals surface area contributed by atoms with E-state index in [1.165, 1.54) is 7.11 Å². The van der Waals surface area contributed by atoms with Gasteiger partial charge >= 0.3 is 0 Å². The first-order chi connectivity index (χ1) is 8.72. The molecule has 0 aliphatic carbocycles. The number of aryl methyl sites for hydroxylation is 1. The van der Waals surface area contributed by atoms with E-state index in [9.17, 15) is 0 Å². The highest BCUT2D eigenvalue weighted by atomic mass is 16.6. The van der Waals surface area contributed by atoms with Crippen LogP contribution in [0.3, 0.4) is 0 Å². The van der Waals surface area contributed by atoms with Crippen molar-refractivity contribution in [3.8, 4) is 23.1 Å². The van der Waals surface area contributed by atoms with Gasteiger partial charge in [-0.2, -0.15) is 5.90 Å². The Labute approximate surface area is 105 Å². The second-order valence-electron chi connectivity index (χ2n) is 3.70. The molecule has 2 N–H and O–H groups in total. The molecule has 0 aliphatic rings. The van der Waals surface area contributed by atoms with E-state index in [1.54, 1.807) is 24.4 Å². The van der Waals surface area contributed by atoms with Crippen molar-refractivity contribution in [3.63, 3.8) is 0 Å². The molecule has 18 heavy (non-hydrogen) atoms. The molecular formula is C13H14N2O3. The first-order valence-electron chi connectivity index (χ1n) is 5.38. The molecule has 1 aromatic heterocycles. The minimum atomic E-state index is 0.446. The van der Waals surface area contributed by atoms with Crippen LogP contribution in [-0.4, -0.2) is 12.1 Å². The van der Waals surface area contributed by atoms with Crippen LogP contribution in [-0.2, 0) is 0 Å². The smallest absolute Gasteiger partial charge is 0.219 e. The Morgan fingerprint density at radius 1 is 1.11 bits per heavy atom. The fourth-order valence-electron chi connectivity index (χ4n) is 1.49. The predicted molar refractivity (Wildman–Crippen MR) is 66.9 cm³/mol. The minimum Gasteiger partial charge on any atom is -0.493 e. The van der Waals surface area contributed by atoms with E-state index in [2.05, 4.69) is 9.82 Å². The maximum absolute atomic E-state index is 5.61. The molecule has 0 saturated heterocycles. The maximum Gasteiger partial charge on any atom is 0.219 e. The molecule has 0 atom stereocenters. The van der Waals surface area contributed by atoms with Gasteiger partial charge in [-0.15, -0.1) is 0 Å². The van der Waals surface area contributed by atoms with Crippen LogP contribution in [0, 0.1) is 6.92 Å². The lowest BCUT2D eigenvalue weighted by Crippen LogP contribution is -2.03. The van der Waals surface area contributed by atoms with Gasteiger partial charge in [0, 0.05) is 18.3 Å². The number of nitrogens with zero attached hydrogens (tertiary/aromatic N) is 1. The van der Waals surface area contributed by atoms with E-state index in [-0.39, 0.29) is 0 Å². The fraction of sp³-hybridized carbons (Fsp3) is 0.154. The van der Waals surface area contributed by atoms with Crippen molar-refractivity contribution in [3.05, 3.63) is 42.1 Å². The molecule has 94 valence electrons. The number of pyridine rings is 1. The summed E-state index contributed by atoms with van der Waals surface area (Å²) in [5.74, 6) is 7.19. The van der Waals surface area contributed by atoms with Gasteiger partial charge < -0.3 is 14.3 Å². The average Bonchev–Trinajstić information content (AvgIpc) is 2.38. The molecule has 1 aromatic carbocycles. The first kappa shape index (κ1) is 12.2. The van der Waals surface area contributed by atoms with E-state index in [0.29, 0.717) is 23.1 Å². The van der Waals surface area contributed by atoms with Crippen LogP contribution in [0.2, 0.25) is 0 Å². The summed E-state index contributed by atoms with van der Waals surface area (Å²) in [4.78, 5) is 8.78. The molecule has 5 heteroatoms. The van der Waals surface area contributed by atoms with Crippen LogP contribution < -0.4 is 20.2 Å². The molecular weight excluding hydrogens is 232 g/mol. The third-order valence-corrected chi connectivity index (χ3v) is 2.37. The Morgan fingerprint density at radius 3 is 2.61 bits per heavy atom. The Morgan fingerprint density at radius 2 is 1.94 bits per heavy atom. The topological polar surface area (TPSA) is 66.6 Å². The van der Waals surface area contributed by atoms with Crippen molar-refractivity contribution < 1.29 is 14.3 Å². The van der Waals surface area contributed by atoms with Gasteiger partial charge in [0.15, 0.2) is 11.5 Å². The van der Waals surface area contributed by atoms with E-state index in [0.717, 1.165) is 5.56 Å². The predicted octanol–water partition coefficient (Wildman–Crippen LogP) is 2.44. The molecule has 0 unspecified atom stereocenters. The van der Waals surface area contributed by atoms with E-state index in [4.69, 9.17) is 15.4 Å². The van der Waals surface area contributed by atoms with Crippen LogP contribution in [0.25, 0.3) is 0 Å². The van der Waals surface area contributed by atoms with Crippen molar-refractivity contribution in [1.29, 1.82) is 0 Å². The summed E-state index contributed by atoms with van der Waals surface area (Å²) in [5.41, 5.74) is 1.08. The summed E-state index contributed by atoms with van der Waals surface area (Å²) < 4.78 is 10.7. The first-order valence-corrected chi connectivity index (χ1v) is 5.38. The van der Waals surface area contributed by atoms with Crippen LogP contribution in [0.15, 0.2) is 36.5 Å². The molecule has 0 saturated carbocycles. The van der Waals surface area contributed by atoms with E-state index >= 15 is 0 Å². The summed E-state index contributed by atoms with van der Waals surface area (Å²) in [7, 11) is 1.53. The second kappa shape index (κ2) is 5.37. The Balaban J connectivity index is 2.24. The second-order valence-corrected chi connectivity index (χ2v) is 3.70. The maximum atomic E-state index is 5.61. The molecule has 1 heterocycles. The molecule has 0 spiro atoms. The van der Waals surface area contributed by atoms with Crippen molar-refractivity contribution in [2.24, 2.45) is 5.90 Å². The zero-order valence-electron chi connectivity index (χ0n) is 10.2. The van der Waals surface area contributed by atoms with E-state index < -0.39 is 0 Å². The monoisotopic (exact) mass is 246 g/mol. The SMILES string of the molecule is COc1cc(Oc2cc(C)ccn2)ccc1ON. The molecule has 0 aliphatic heterocycles. The average molecular weight is 246 g/mol. The lowest BCUT2D eigenvalue weighted by molar-refractivity contribution is 0.304. The Hall–Kier alpha value is -2.27. The van der Waals surface area contributed by atoms with Crippen molar-refractivity contribution in [2.45, 2.75) is 6.92 Å². The zero-order chi connectivity index (χ0) is 13.0. The van der Waals surface area contributed by atoms with Crippen LogP contribution in [0.1, 0.15) is 5.56 Å². The van der Waals surface area contributed by atoms with Gasteiger partial charge in [0.1, 0.15) is 5.75 Å². The third-order valence-electron chi connectivity index (χ3n) is 2.37. The number of nitrogens with two attached hydrogens (primary N) is 1. The van der Waals surface area contributed by atoms with Crippen LogP contribution >= 0.6 is 0 Å². The third kappa shape index (κ3) is 2.70. The lowest BCUT2D eigenvalue weighted by Gasteiger charge is -2.09. The van der Waals surface area contributed by atoms with Crippen LogP contribution in [0.5, 0.6) is 23.1 Å². The number of methoxy groups -OCH3 is 1. The molecule has 5 nitrogen and oxygen atoms in total. The molecule has 0 amide bonds. The number of rotatable bonds is 4. The summed E-state index contributed by atoms with van der Waals surface area (Å²) >= 11 is 0. The summed E-state index contributed by atoms with van der Waals surface area (Å²) in [6.07, 6.45) is 1.69. The lowest BCUT2D eigenvalue weighted by atomic mass is 10.3. The highest BCUT2D eigenvalue weighted by Gasteiger charge is 2.07. The summed E-state index contributed by atoms with van der Waals surface area (Å²) in [6.45, 7) is 1.97. The van der Waals surface area contributed by atoms with Gasteiger partial charge in [0.05, 0.1) is 7.11 Å². The number of ether oxygens (including phenoxy) is 2. The largest absolute Gasteiger partial charge is 0.493 e. The molecule has 2 aromatic rings. The fourth-order valence-corrected chi connectivity index (χ4v) is 1.49. The van der Waals surface area contributed by atoms with Gasteiger partial charge in [-0.25, -0.2) is 4.98 Å². The quantitative estimate of drug-likeness (QED) is 0.839. The summed E-state index contributed by atoms with van der Waals surface area (Å²) in [5, 5.41) is 0. The highest BCUT2D eigenvalue weighted by Crippen LogP contribution is 2.32. The van der Waals surface area contributed by atoms with Crippen LogP contribution in [0.4, 0.5) is 0 Å². The standard InChI is InChI=1S/C13H14N2O3/c1-9-5-6-15-13(7-9)17-10-3-4-11(18-14)12(8-10)16-2/h3-8H,14H2,1-2H3.